The second-order valence-corrected chi connectivity index (χ2v) is 8.43. The quantitative estimate of drug-likeness (QED) is 0.900. The average molecular weight is 352 g/mol. The monoisotopic (exact) mass is 352 g/mol. The van der Waals surface area contributed by atoms with E-state index < -0.39 is 0 Å². The van der Waals surface area contributed by atoms with Crippen LogP contribution in [0.25, 0.3) is 10.8 Å². The van der Waals surface area contributed by atoms with Crippen molar-refractivity contribution in [3.63, 3.8) is 0 Å². The average Bonchev–Trinajstić information content (AvgIpc) is 3.31. The molecule has 138 valence electrons. The van der Waals surface area contributed by atoms with Gasteiger partial charge in [0.15, 0.2) is 5.82 Å². The normalized spacial score (nSPS) is 32.3. The molecule has 0 unspecified atom stereocenters. The van der Waals surface area contributed by atoms with Crippen LogP contribution in [0.3, 0.4) is 0 Å². The van der Waals surface area contributed by atoms with Gasteiger partial charge in [-0.25, -0.2) is 0 Å². The Morgan fingerprint density at radius 2 is 1.65 bits per heavy atom. The van der Waals surface area contributed by atoms with Gasteiger partial charge in [0.1, 0.15) is 0 Å². The van der Waals surface area contributed by atoms with Crippen LogP contribution in [0.2, 0.25) is 0 Å². The molecule has 1 aromatic heterocycles. The maximum absolute atomic E-state index is 10.8. The summed E-state index contributed by atoms with van der Waals surface area (Å²) in [5, 5.41) is 22.1. The predicted molar refractivity (Wildman–Crippen MR) is 103 cm³/mol. The molecule has 2 aliphatic heterocycles. The molecule has 3 heterocycles. The van der Waals surface area contributed by atoms with Crippen molar-refractivity contribution in [2.24, 2.45) is 11.8 Å². The fourth-order valence-corrected chi connectivity index (χ4v) is 5.50. The molecule has 4 atom stereocenters. The molecule has 3 aliphatic rings. The van der Waals surface area contributed by atoms with Crippen molar-refractivity contribution in [2.45, 2.75) is 44.8 Å². The first kappa shape index (κ1) is 16.5. The molecule has 0 bridgehead atoms. The highest BCUT2D eigenvalue weighted by Gasteiger charge is 2.44. The van der Waals surface area contributed by atoms with Gasteiger partial charge in [0.25, 0.3) is 0 Å². The van der Waals surface area contributed by atoms with Crippen LogP contribution in [-0.2, 0) is 0 Å². The molecule has 0 amide bonds. The zero-order chi connectivity index (χ0) is 17.7. The van der Waals surface area contributed by atoms with E-state index in [-0.39, 0.29) is 6.10 Å². The molecule has 0 radical (unpaired) electrons. The highest BCUT2D eigenvalue weighted by Crippen LogP contribution is 2.41. The maximum atomic E-state index is 10.8. The van der Waals surface area contributed by atoms with E-state index in [0.717, 1.165) is 50.5 Å². The summed E-state index contributed by atoms with van der Waals surface area (Å²) in [6, 6.07) is 8.82. The second-order valence-electron chi connectivity index (χ2n) is 8.43. The third-order valence-corrected chi connectivity index (χ3v) is 6.87. The number of aromatic nitrogens is 2. The van der Waals surface area contributed by atoms with E-state index >= 15 is 0 Å². The van der Waals surface area contributed by atoms with Gasteiger partial charge in [0.05, 0.1) is 11.8 Å². The van der Waals surface area contributed by atoms with Crippen molar-refractivity contribution in [1.29, 1.82) is 0 Å². The van der Waals surface area contributed by atoms with Crippen LogP contribution in [0.5, 0.6) is 0 Å². The number of rotatable bonds is 2. The number of benzene rings is 1. The summed E-state index contributed by atoms with van der Waals surface area (Å²) in [5.74, 6) is 2.25. The van der Waals surface area contributed by atoms with E-state index in [2.05, 4.69) is 44.3 Å². The molecule has 1 aliphatic carbocycles. The maximum Gasteiger partial charge on any atom is 0.159 e. The summed E-state index contributed by atoms with van der Waals surface area (Å²) in [7, 11) is 0. The number of anilines is 1. The zero-order valence-electron chi connectivity index (χ0n) is 15.5. The molecule has 2 saturated heterocycles. The van der Waals surface area contributed by atoms with Crippen molar-refractivity contribution in [3.05, 3.63) is 30.0 Å². The number of aliphatic hydroxyl groups is 1. The summed E-state index contributed by atoms with van der Waals surface area (Å²) in [5.41, 5.74) is 0.991. The van der Waals surface area contributed by atoms with Gasteiger partial charge in [0, 0.05) is 29.9 Å². The molecule has 5 heteroatoms. The third-order valence-electron chi connectivity index (χ3n) is 6.87. The number of aliphatic hydroxyl groups excluding tert-OH is 1. The topological polar surface area (TPSA) is 52.5 Å². The minimum Gasteiger partial charge on any atom is -0.391 e. The predicted octanol–water partition coefficient (Wildman–Crippen LogP) is 2.61. The highest BCUT2D eigenvalue weighted by molar-refractivity contribution is 5.93. The van der Waals surface area contributed by atoms with Crippen LogP contribution < -0.4 is 4.90 Å². The molecule has 1 N–H and O–H groups in total. The molecule has 0 spiro atoms. The molecule has 5 rings (SSSR count). The molecule has 1 aromatic carbocycles. The van der Waals surface area contributed by atoms with Crippen LogP contribution in [0.15, 0.2) is 24.3 Å². The van der Waals surface area contributed by atoms with Gasteiger partial charge in [-0.3, -0.25) is 4.90 Å². The second kappa shape index (κ2) is 6.46. The van der Waals surface area contributed by atoms with Gasteiger partial charge in [0.2, 0.25) is 0 Å². The van der Waals surface area contributed by atoms with Gasteiger partial charge in [-0.05, 0) is 57.5 Å². The van der Waals surface area contributed by atoms with Crippen molar-refractivity contribution in [2.75, 3.05) is 31.1 Å². The van der Waals surface area contributed by atoms with E-state index in [1.165, 1.54) is 23.6 Å². The molecule has 5 nitrogen and oxygen atoms in total. The molecule has 3 fully saturated rings. The summed E-state index contributed by atoms with van der Waals surface area (Å²) >= 11 is 0. The minimum atomic E-state index is -0.171. The fraction of sp³-hybridized carbons (Fsp3) is 0.619. The number of nitrogens with zero attached hydrogens (tertiary/aromatic N) is 4. The van der Waals surface area contributed by atoms with Gasteiger partial charge >= 0.3 is 0 Å². The van der Waals surface area contributed by atoms with Crippen LogP contribution >= 0.6 is 0 Å². The summed E-state index contributed by atoms with van der Waals surface area (Å²) < 4.78 is 0. The van der Waals surface area contributed by atoms with Gasteiger partial charge in [-0.15, -0.1) is 5.10 Å². The third kappa shape index (κ3) is 2.69. The largest absolute Gasteiger partial charge is 0.391 e. The molecular weight excluding hydrogens is 324 g/mol. The van der Waals surface area contributed by atoms with E-state index in [0.29, 0.717) is 17.9 Å². The first-order chi connectivity index (χ1) is 12.7. The smallest absolute Gasteiger partial charge is 0.159 e. The van der Waals surface area contributed by atoms with Crippen LogP contribution in [0, 0.1) is 18.8 Å². The minimum absolute atomic E-state index is 0.171. The Bertz CT molecular complexity index is 804. The standard InChI is InChI=1S/C21H28N4O/c1-14-17-6-2-3-7-18(17)21(23-22-14)25-12-15-10-19(24-8-4-5-9-24)20(26)11-16(15)13-25/h2-3,6-7,15-16,19-20,26H,4-5,8-13H2,1H3/t15-,16+,19-,20-/m1/s1. The van der Waals surface area contributed by atoms with Crippen LogP contribution in [0.1, 0.15) is 31.4 Å². The zero-order valence-corrected chi connectivity index (χ0v) is 15.5. The molecule has 2 aromatic rings. The Kier molecular flexibility index (Phi) is 4.09. The molecule has 1 saturated carbocycles. The van der Waals surface area contributed by atoms with Crippen LogP contribution in [0.4, 0.5) is 5.82 Å². The lowest BCUT2D eigenvalue weighted by molar-refractivity contribution is -0.000854. The van der Waals surface area contributed by atoms with Gasteiger partial charge in [-0.2, -0.15) is 5.10 Å². The van der Waals surface area contributed by atoms with E-state index in [9.17, 15) is 5.11 Å². The van der Waals surface area contributed by atoms with Gasteiger partial charge < -0.3 is 10.0 Å². The fourth-order valence-electron chi connectivity index (χ4n) is 5.50. The number of aryl methyl sites for hydroxylation is 1. The van der Waals surface area contributed by atoms with Crippen molar-refractivity contribution in [3.8, 4) is 0 Å². The Morgan fingerprint density at radius 3 is 2.42 bits per heavy atom. The lowest BCUT2D eigenvalue weighted by Gasteiger charge is -2.40. The summed E-state index contributed by atoms with van der Waals surface area (Å²) in [6.45, 7) is 6.40. The lowest BCUT2D eigenvalue weighted by Crippen LogP contribution is -2.48. The first-order valence-electron chi connectivity index (χ1n) is 10.1. The van der Waals surface area contributed by atoms with E-state index in [1.54, 1.807) is 0 Å². The number of hydrogen-bond acceptors (Lipinski definition) is 5. The van der Waals surface area contributed by atoms with E-state index in [1.807, 2.05) is 6.92 Å². The molecular formula is C21H28N4O. The molecule has 26 heavy (non-hydrogen) atoms. The highest BCUT2D eigenvalue weighted by atomic mass is 16.3. The van der Waals surface area contributed by atoms with Crippen molar-refractivity contribution in [1.82, 2.24) is 15.1 Å². The number of fused-ring (bicyclic) bond motifs is 2. The summed E-state index contributed by atoms with van der Waals surface area (Å²) in [6.07, 6.45) is 4.46. The SMILES string of the molecule is Cc1nnc(N2C[C@H]3C[C@@H](N4CCCC4)[C@H](O)C[C@H]3C2)c2ccccc12. The first-order valence-corrected chi connectivity index (χ1v) is 10.1. The number of hydrogen-bond donors (Lipinski definition) is 1. The van der Waals surface area contributed by atoms with Crippen LogP contribution in [-0.4, -0.2) is 58.5 Å². The Balaban J connectivity index is 1.40. The van der Waals surface area contributed by atoms with Gasteiger partial charge in [-0.1, -0.05) is 24.3 Å². The van der Waals surface area contributed by atoms with Crippen molar-refractivity contribution >= 4 is 16.6 Å². The Labute approximate surface area is 155 Å². The van der Waals surface area contributed by atoms with E-state index in [4.69, 9.17) is 0 Å². The Morgan fingerprint density at radius 1 is 0.962 bits per heavy atom. The summed E-state index contributed by atoms with van der Waals surface area (Å²) in [4.78, 5) is 4.95. The van der Waals surface area contributed by atoms with Crippen molar-refractivity contribution < 1.29 is 5.11 Å². The Hall–Kier alpha value is -1.72. The lowest BCUT2D eigenvalue weighted by atomic mass is 9.77. The number of likely N-dealkylation sites (tertiary alicyclic amines) is 1.